The van der Waals surface area contributed by atoms with Crippen molar-refractivity contribution in [2.45, 2.75) is 25.5 Å². The van der Waals surface area contributed by atoms with Gasteiger partial charge < -0.3 is 20.5 Å². The lowest BCUT2D eigenvalue weighted by Crippen LogP contribution is -2.50. The van der Waals surface area contributed by atoms with Gasteiger partial charge in [-0.2, -0.15) is 0 Å². The highest BCUT2D eigenvalue weighted by atomic mass is 16.5. The number of hydrogen-bond acceptors (Lipinski definition) is 4. The summed E-state index contributed by atoms with van der Waals surface area (Å²) in [6.45, 7) is 3.90. The molecule has 0 aliphatic carbocycles. The second kappa shape index (κ2) is 6.54. The number of aromatic hydroxyl groups is 1. The van der Waals surface area contributed by atoms with Gasteiger partial charge in [0.2, 0.25) is 0 Å². The maximum Gasteiger partial charge on any atom is 0.250 e. The minimum Gasteiger partial charge on any atom is -0.508 e. The first-order chi connectivity index (χ1) is 9.15. The van der Waals surface area contributed by atoms with Gasteiger partial charge in [-0.15, -0.1) is 0 Å². The molecule has 19 heavy (non-hydrogen) atoms. The zero-order valence-corrected chi connectivity index (χ0v) is 11.1. The number of amides is 1. The second-order valence-electron chi connectivity index (χ2n) is 4.84. The highest BCUT2D eigenvalue weighted by Crippen LogP contribution is 2.11. The van der Waals surface area contributed by atoms with Gasteiger partial charge in [-0.25, -0.2) is 0 Å². The van der Waals surface area contributed by atoms with E-state index >= 15 is 0 Å². The van der Waals surface area contributed by atoms with Crippen LogP contribution < -0.4 is 10.6 Å². The summed E-state index contributed by atoms with van der Waals surface area (Å²) in [6.07, 6.45) is 0.336. The van der Waals surface area contributed by atoms with Crippen molar-refractivity contribution in [2.24, 2.45) is 0 Å². The summed E-state index contributed by atoms with van der Waals surface area (Å²) in [6, 6.07) is 7.05. The second-order valence-corrected chi connectivity index (χ2v) is 4.84. The van der Waals surface area contributed by atoms with E-state index in [2.05, 4.69) is 10.6 Å². The standard InChI is InChI=1S/C14H20N2O3/c1-10(8-11-2-4-12(17)5-3-11)16-14(18)13-9-15-6-7-19-13/h2-5,10,13,15,17H,6-9H2,1H3,(H,16,18)/t10?,13-/m1/s1. The number of rotatable bonds is 4. The van der Waals surface area contributed by atoms with Gasteiger partial charge >= 0.3 is 0 Å². The van der Waals surface area contributed by atoms with E-state index in [1.807, 2.05) is 19.1 Å². The number of benzene rings is 1. The number of carbonyl (C=O) groups excluding carboxylic acids is 1. The maximum atomic E-state index is 11.9. The minimum atomic E-state index is -0.393. The Balaban J connectivity index is 1.81. The lowest BCUT2D eigenvalue weighted by Gasteiger charge is -2.24. The molecule has 5 heteroatoms. The van der Waals surface area contributed by atoms with E-state index in [9.17, 15) is 9.90 Å². The van der Waals surface area contributed by atoms with Crippen molar-refractivity contribution < 1.29 is 14.6 Å². The van der Waals surface area contributed by atoms with Gasteiger partial charge in [0.1, 0.15) is 11.9 Å². The average molecular weight is 264 g/mol. The predicted octanol–water partition coefficient (Wildman–Crippen LogP) is 0.428. The highest BCUT2D eigenvalue weighted by Gasteiger charge is 2.22. The van der Waals surface area contributed by atoms with Gasteiger partial charge in [0, 0.05) is 19.1 Å². The molecule has 1 aliphatic rings. The number of carbonyl (C=O) groups is 1. The van der Waals surface area contributed by atoms with E-state index in [4.69, 9.17) is 4.74 Å². The molecule has 1 aromatic carbocycles. The van der Waals surface area contributed by atoms with Gasteiger partial charge in [0.25, 0.3) is 5.91 Å². The average Bonchev–Trinajstić information content (AvgIpc) is 2.42. The third kappa shape index (κ3) is 4.22. The van der Waals surface area contributed by atoms with Gasteiger partial charge in [0.05, 0.1) is 6.61 Å². The Hall–Kier alpha value is -1.59. The zero-order chi connectivity index (χ0) is 13.7. The monoisotopic (exact) mass is 264 g/mol. The van der Waals surface area contributed by atoms with Crippen LogP contribution in [-0.2, 0) is 16.0 Å². The molecule has 1 fully saturated rings. The molecule has 0 aromatic heterocycles. The predicted molar refractivity (Wildman–Crippen MR) is 72.0 cm³/mol. The minimum absolute atomic E-state index is 0.0302. The molecule has 0 radical (unpaired) electrons. The number of morpholine rings is 1. The number of phenolic OH excluding ortho intramolecular Hbond substituents is 1. The van der Waals surface area contributed by atoms with Crippen molar-refractivity contribution in [3.05, 3.63) is 29.8 Å². The van der Waals surface area contributed by atoms with Crippen LogP contribution in [0.4, 0.5) is 0 Å². The van der Waals surface area contributed by atoms with E-state index < -0.39 is 6.10 Å². The molecule has 2 rings (SSSR count). The molecule has 1 unspecified atom stereocenters. The van der Waals surface area contributed by atoms with Crippen molar-refractivity contribution >= 4 is 5.91 Å². The van der Waals surface area contributed by atoms with Crippen molar-refractivity contribution in [3.63, 3.8) is 0 Å². The number of nitrogens with one attached hydrogen (secondary N) is 2. The Labute approximate surface area is 113 Å². The van der Waals surface area contributed by atoms with E-state index in [1.165, 1.54) is 0 Å². The molecular weight excluding hydrogens is 244 g/mol. The molecule has 1 saturated heterocycles. The fraction of sp³-hybridized carbons (Fsp3) is 0.500. The van der Waals surface area contributed by atoms with Crippen molar-refractivity contribution in [1.82, 2.24) is 10.6 Å². The Kier molecular flexibility index (Phi) is 4.76. The fourth-order valence-corrected chi connectivity index (χ4v) is 2.11. The summed E-state index contributed by atoms with van der Waals surface area (Å²) < 4.78 is 5.40. The molecule has 2 atom stereocenters. The van der Waals surface area contributed by atoms with Crippen LogP contribution >= 0.6 is 0 Å². The maximum absolute atomic E-state index is 11.9. The molecule has 104 valence electrons. The number of phenols is 1. The number of ether oxygens (including phenoxy) is 1. The van der Waals surface area contributed by atoms with Crippen molar-refractivity contribution in [2.75, 3.05) is 19.7 Å². The van der Waals surface area contributed by atoms with Crippen LogP contribution in [0.25, 0.3) is 0 Å². The van der Waals surface area contributed by atoms with E-state index in [-0.39, 0.29) is 17.7 Å². The molecular formula is C14H20N2O3. The Morgan fingerprint density at radius 3 is 2.89 bits per heavy atom. The van der Waals surface area contributed by atoms with Crippen LogP contribution in [0.2, 0.25) is 0 Å². The largest absolute Gasteiger partial charge is 0.508 e. The van der Waals surface area contributed by atoms with Crippen LogP contribution in [0.1, 0.15) is 12.5 Å². The zero-order valence-electron chi connectivity index (χ0n) is 11.1. The molecule has 1 aliphatic heterocycles. The summed E-state index contributed by atoms with van der Waals surface area (Å²) in [7, 11) is 0. The van der Waals surface area contributed by atoms with Crippen LogP contribution in [0.5, 0.6) is 5.75 Å². The van der Waals surface area contributed by atoms with Gasteiger partial charge in [-0.3, -0.25) is 4.79 Å². The Bertz CT molecular complexity index is 413. The summed E-state index contributed by atoms with van der Waals surface area (Å²) >= 11 is 0. The lowest BCUT2D eigenvalue weighted by atomic mass is 10.1. The quantitative estimate of drug-likeness (QED) is 0.737. The summed E-state index contributed by atoms with van der Waals surface area (Å²) in [5.41, 5.74) is 1.08. The van der Waals surface area contributed by atoms with Crippen LogP contribution in [0.15, 0.2) is 24.3 Å². The molecule has 5 nitrogen and oxygen atoms in total. The Morgan fingerprint density at radius 2 is 2.26 bits per heavy atom. The molecule has 1 heterocycles. The third-order valence-electron chi connectivity index (χ3n) is 3.09. The molecule has 1 amide bonds. The highest BCUT2D eigenvalue weighted by molar-refractivity contribution is 5.81. The van der Waals surface area contributed by atoms with E-state index in [0.717, 1.165) is 18.5 Å². The molecule has 0 saturated carbocycles. The fourth-order valence-electron chi connectivity index (χ4n) is 2.11. The third-order valence-corrected chi connectivity index (χ3v) is 3.09. The van der Waals surface area contributed by atoms with Gasteiger partial charge in [-0.05, 0) is 31.0 Å². The molecule has 0 spiro atoms. The van der Waals surface area contributed by atoms with E-state index in [0.29, 0.717) is 13.2 Å². The van der Waals surface area contributed by atoms with Gasteiger partial charge in [-0.1, -0.05) is 12.1 Å². The SMILES string of the molecule is CC(Cc1ccc(O)cc1)NC(=O)[C@H]1CNCCO1. The van der Waals surface area contributed by atoms with Crippen LogP contribution in [-0.4, -0.2) is 42.9 Å². The molecule has 1 aromatic rings. The molecule has 3 N–H and O–H groups in total. The van der Waals surface area contributed by atoms with Gasteiger partial charge in [0.15, 0.2) is 0 Å². The summed E-state index contributed by atoms with van der Waals surface area (Å²) in [5.74, 6) is 0.181. The molecule has 0 bridgehead atoms. The smallest absolute Gasteiger partial charge is 0.250 e. The van der Waals surface area contributed by atoms with Crippen molar-refractivity contribution in [3.8, 4) is 5.75 Å². The van der Waals surface area contributed by atoms with Crippen molar-refractivity contribution in [1.29, 1.82) is 0 Å². The summed E-state index contributed by atoms with van der Waals surface area (Å²) in [5, 5.41) is 15.3. The lowest BCUT2D eigenvalue weighted by molar-refractivity contribution is -0.134. The number of hydrogen-bond donors (Lipinski definition) is 3. The topological polar surface area (TPSA) is 70.6 Å². The Morgan fingerprint density at radius 1 is 1.53 bits per heavy atom. The van der Waals surface area contributed by atoms with Crippen LogP contribution in [0.3, 0.4) is 0 Å². The first-order valence-corrected chi connectivity index (χ1v) is 6.56. The first kappa shape index (κ1) is 13.8. The summed E-state index contributed by atoms with van der Waals surface area (Å²) in [4.78, 5) is 11.9. The van der Waals surface area contributed by atoms with E-state index in [1.54, 1.807) is 12.1 Å². The first-order valence-electron chi connectivity index (χ1n) is 6.56. The van der Waals surface area contributed by atoms with Crippen LogP contribution in [0, 0.1) is 0 Å². The normalized spacial score (nSPS) is 20.8.